The molecule has 4 aromatic rings. The Morgan fingerprint density at radius 1 is 1.11 bits per heavy atom. The maximum absolute atomic E-state index is 13.3. The molecule has 2 aromatic heterocycles. The van der Waals surface area contributed by atoms with E-state index in [4.69, 9.17) is 16.3 Å². The second-order valence-corrected chi connectivity index (χ2v) is 9.17. The quantitative estimate of drug-likeness (QED) is 0.429. The number of amides is 1. The number of benzene rings is 2. The highest BCUT2D eigenvalue weighted by Crippen LogP contribution is 2.35. The van der Waals surface area contributed by atoms with Gasteiger partial charge in [-0.05, 0) is 36.1 Å². The summed E-state index contributed by atoms with van der Waals surface area (Å²) >= 11 is 6.06. The second-order valence-electron chi connectivity index (χ2n) is 8.73. The van der Waals surface area contributed by atoms with Gasteiger partial charge in [0.2, 0.25) is 5.91 Å². The lowest BCUT2D eigenvalue weighted by Crippen LogP contribution is -2.48. The van der Waals surface area contributed by atoms with E-state index in [-0.39, 0.29) is 11.5 Å². The summed E-state index contributed by atoms with van der Waals surface area (Å²) in [5, 5.41) is 8.49. The van der Waals surface area contributed by atoms with Crippen LogP contribution in [0.25, 0.3) is 11.0 Å². The molecule has 1 amide bonds. The number of hydrogen-bond donors (Lipinski definition) is 1. The van der Waals surface area contributed by atoms with E-state index in [0.717, 1.165) is 11.1 Å². The van der Waals surface area contributed by atoms with Crippen molar-refractivity contribution < 1.29 is 9.53 Å². The summed E-state index contributed by atoms with van der Waals surface area (Å²) in [7, 11) is 0. The van der Waals surface area contributed by atoms with Crippen LogP contribution in [0.3, 0.4) is 0 Å². The lowest BCUT2D eigenvalue weighted by atomic mass is 9.73. The number of ether oxygens (including phenoxy) is 1. The Balaban J connectivity index is 1.29. The Morgan fingerprint density at radius 2 is 1.91 bits per heavy atom. The van der Waals surface area contributed by atoms with Crippen LogP contribution in [0.1, 0.15) is 24.0 Å². The molecule has 8 nitrogen and oxygen atoms in total. The predicted molar refractivity (Wildman–Crippen MR) is 134 cm³/mol. The summed E-state index contributed by atoms with van der Waals surface area (Å²) in [4.78, 5) is 30.8. The zero-order valence-corrected chi connectivity index (χ0v) is 19.9. The molecular formula is C26H26ClN5O3. The van der Waals surface area contributed by atoms with Crippen LogP contribution in [0, 0.1) is 0 Å². The van der Waals surface area contributed by atoms with Crippen LogP contribution in [0.15, 0.2) is 71.9 Å². The molecule has 0 saturated carbocycles. The highest BCUT2D eigenvalue weighted by atomic mass is 35.5. The molecule has 1 saturated heterocycles. The van der Waals surface area contributed by atoms with E-state index in [2.05, 4.69) is 15.4 Å². The minimum absolute atomic E-state index is 0.0136. The van der Waals surface area contributed by atoms with Gasteiger partial charge in [0.15, 0.2) is 5.65 Å². The van der Waals surface area contributed by atoms with Crippen LogP contribution in [-0.4, -0.2) is 45.0 Å². The standard InChI is InChI=1S/C26H26ClN5O3/c27-21-8-4-5-19(15-21)17-31-18-29-23-22(24(31)33)16-30-32(23)12-11-28-25(34)26(9-13-35-14-10-26)20-6-2-1-3-7-20/h1-8,15-16,18H,9-14,17H2,(H,28,34). The molecule has 1 aliphatic heterocycles. The Hall–Kier alpha value is -3.49. The third-order valence-corrected chi connectivity index (χ3v) is 6.82. The molecule has 1 N–H and O–H groups in total. The second kappa shape index (κ2) is 10.0. The maximum Gasteiger partial charge on any atom is 0.264 e. The lowest BCUT2D eigenvalue weighted by Gasteiger charge is -2.36. The van der Waals surface area contributed by atoms with E-state index in [1.807, 2.05) is 48.5 Å². The molecule has 0 aliphatic carbocycles. The van der Waals surface area contributed by atoms with Gasteiger partial charge in [0, 0.05) is 24.8 Å². The van der Waals surface area contributed by atoms with Gasteiger partial charge in [-0.3, -0.25) is 14.2 Å². The predicted octanol–water partition coefficient (Wildman–Crippen LogP) is 3.16. The van der Waals surface area contributed by atoms with Crippen LogP contribution < -0.4 is 10.9 Å². The monoisotopic (exact) mass is 491 g/mol. The van der Waals surface area contributed by atoms with Crippen molar-refractivity contribution in [2.24, 2.45) is 0 Å². The van der Waals surface area contributed by atoms with Gasteiger partial charge in [0.25, 0.3) is 5.56 Å². The van der Waals surface area contributed by atoms with E-state index in [1.54, 1.807) is 10.7 Å². The molecule has 0 spiro atoms. The first-order valence-corrected chi connectivity index (χ1v) is 12.0. The lowest BCUT2D eigenvalue weighted by molar-refractivity contribution is -0.130. The minimum atomic E-state index is -0.599. The fourth-order valence-corrected chi connectivity index (χ4v) is 4.89. The number of carbonyl (C=O) groups excluding carboxylic acids is 1. The number of aromatic nitrogens is 4. The van der Waals surface area contributed by atoms with E-state index in [0.29, 0.717) is 61.7 Å². The SMILES string of the molecule is O=C(NCCn1ncc2c(=O)n(Cc3cccc(Cl)c3)cnc21)C1(c2ccccc2)CCOCC1. The van der Waals surface area contributed by atoms with Crippen molar-refractivity contribution in [3.63, 3.8) is 0 Å². The summed E-state index contributed by atoms with van der Waals surface area (Å²) in [5.41, 5.74) is 1.65. The van der Waals surface area contributed by atoms with Gasteiger partial charge in [0.05, 0.1) is 24.7 Å². The molecule has 9 heteroatoms. The highest BCUT2D eigenvalue weighted by Gasteiger charge is 2.41. The molecular weight excluding hydrogens is 466 g/mol. The first-order chi connectivity index (χ1) is 17.1. The smallest absolute Gasteiger partial charge is 0.264 e. The van der Waals surface area contributed by atoms with Crippen molar-refractivity contribution in [1.29, 1.82) is 0 Å². The van der Waals surface area contributed by atoms with Crippen molar-refractivity contribution in [2.45, 2.75) is 31.3 Å². The molecule has 180 valence electrons. The average Bonchev–Trinajstić information content (AvgIpc) is 3.30. The fourth-order valence-electron chi connectivity index (χ4n) is 4.67. The van der Waals surface area contributed by atoms with Gasteiger partial charge in [-0.25, -0.2) is 9.67 Å². The Labute approximate surface area is 207 Å². The van der Waals surface area contributed by atoms with Crippen molar-refractivity contribution >= 4 is 28.5 Å². The van der Waals surface area contributed by atoms with Crippen LogP contribution >= 0.6 is 11.6 Å². The van der Waals surface area contributed by atoms with Gasteiger partial charge >= 0.3 is 0 Å². The normalized spacial score (nSPS) is 15.2. The van der Waals surface area contributed by atoms with Gasteiger partial charge in [-0.2, -0.15) is 5.10 Å². The Kier molecular flexibility index (Phi) is 6.66. The van der Waals surface area contributed by atoms with Gasteiger partial charge in [-0.15, -0.1) is 0 Å². The molecule has 0 bridgehead atoms. The molecule has 0 atom stereocenters. The third kappa shape index (κ3) is 4.72. The Bertz CT molecular complexity index is 1390. The summed E-state index contributed by atoms with van der Waals surface area (Å²) < 4.78 is 8.72. The van der Waals surface area contributed by atoms with E-state index >= 15 is 0 Å². The number of hydrogen-bond acceptors (Lipinski definition) is 5. The van der Waals surface area contributed by atoms with Crippen molar-refractivity contribution in [3.8, 4) is 0 Å². The van der Waals surface area contributed by atoms with Crippen molar-refractivity contribution in [3.05, 3.63) is 93.6 Å². The van der Waals surface area contributed by atoms with Gasteiger partial charge in [0.1, 0.15) is 11.7 Å². The molecule has 1 fully saturated rings. The van der Waals surface area contributed by atoms with E-state index in [9.17, 15) is 9.59 Å². The van der Waals surface area contributed by atoms with E-state index < -0.39 is 5.41 Å². The maximum atomic E-state index is 13.3. The molecule has 0 unspecified atom stereocenters. The van der Waals surface area contributed by atoms with Crippen LogP contribution in [0.2, 0.25) is 5.02 Å². The first-order valence-electron chi connectivity index (χ1n) is 11.6. The first kappa shape index (κ1) is 23.3. The topological polar surface area (TPSA) is 91.0 Å². The Morgan fingerprint density at radius 3 is 2.69 bits per heavy atom. The average molecular weight is 492 g/mol. The summed E-state index contributed by atoms with van der Waals surface area (Å²) in [6, 6.07) is 17.3. The third-order valence-electron chi connectivity index (χ3n) is 6.58. The number of nitrogens with zero attached hydrogens (tertiary/aromatic N) is 4. The van der Waals surface area contributed by atoms with Crippen LogP contribution in [0.4, 0.5) is 0 Å². The molecule has 1 aliphatic rings. The molecule has 5 rings (SSSR count). The number of nitrogens with one attached hydrogen (secondary N) is 1. The summed E-state index contributed by atoms with van der Waals surface area (Å²) in [6.07, 6.45) is 4.34. The number of rotatable bonds is 7. The molecule has 35 heavy (non-hydrogen) atoms. The molecule has 3 heterocycles. The summed E-state index contributed by atoms with van der Waals surface area (Å²) in [6.45, 7) is 2.25. The minimum Gasteiger partial charge on any atom is -0.381 e. The van der Waals surface area contributed by atoms with Gasteiger partial charge in [-0.1, -0.05) is 54.1 Å². The zero-order chi connectivity index (χ0) is 24.3. The van der Waals surface area contributed by atoms with Gasteiger partial charge < -0.3 is 10.1 Å². The molecule has 0 radical (unpaired) electrons. The van der Waals surface area contributed by atoms with Crippen molar-refractivity contribution in [2.75, 3.05) is 19.8 Å². The highest BCUT2D eigenvalue weighted by molar-refractivity contribution is 6.30. The van der Waals surface area contributed by atoms with Crippen LogP contribution in [-0.2, 0) is 28.0 Å². The van der Waals surface area contributed by atoms with Crippen LogP contribution in [0.5, 0.6) is 0 Å². The zero-order valence-electron chi connectivity index (χ0n) is 19.2. The fraction of sp³-hybridized carbons (Fsp3) is 0.308. The van der Waals surface area contributed by atoms with E-state index in [1.165, 1.54) is 17.1 Å². The number of carbonyl (C=O) groups is 1. The largest absolute Gasteiger partial charge is 0.381 e. The summed E-state index contributed by atoms with van der Waals surface area (Å²) in [5.74, 6) is -0.0136. The number of halogens is 1. The van der Waals surface area contributed by atoms with Crippen molar-refractivity contribution in [1.82, 2.24) is 24.6 Å². The molecule has 2 aromatic carbocycles. The number of fused-ring (bicyclic) bond motifs is 1.